The summed E-state index contributed by atoms with van der Waals surface area (Å²) < 4.78 is 5.01. The van der Waals surface area contributed by atoms with Gasteiger partial charge in [0.05, 0.1) is 16.6 Å². The molecule has 1 amide bonds. The highest BCUT2D eigenvalue weighted by molar-refractivity contribution is 6.33. The highest BCUT2D eigenvalue weighted by atomic mass is 35.5. The summed E-state index contributed by atoms with van der Waals surface area (Å²) in [6.07, 6.45) is 0. The Morgan fingerprint density at radius 2 is 1.83 bits per heavy atom. The van der Waals surface area contributed by atoms with Crippen LogP contribution in [0.25, 0.3) is 0 Å². The Morgan fingerprint density at radius 1 is 1.12 bits per heavy atom. The van der Waals surface area contributed by atoms with E-state index in [1.807, 2.05) is 39.0 Å². The number of aryl methyl sites for hydroxylation is 2. The average molecular weight is 346 g/mol. The predicted molar refractivity (Wildman–Crippen MR) is 94.2 cm³/mol. The number of amides is 1. The smallest absolute Gasteiger partial charge is 0.340 e. The molecule has 0 aromatic heterocycles. The number of ether oxygens (including phenoxy) is 1. The molecule has 2 rings (SSSR count). The van der Waals surface area contributed by atoms with Crippen molar-refractivity contribution in [2.75, 3.05) is 6.61 Å². The molecule has 2 aromatic carbocycles. The van der Waals surface area contributed by atoms with Crippen LogP contribution in [-0.2, 0) is 9.53 Å². The van der Waals surface area contributed by atoms with Crippen LogP contribution in [0.15, 0.2) is 42.5 Å². The molecule has 0 spiro atoms. The van der Waals surface area contributed by atoms with Crippen LogP contribution < -0.4 is 5.32 Å². The van der Waals surface area contributed by atoms with E-state index < -0.39 is 5.97 Å². The first kappa shape index (κ1) is 18.0. The molecular formula is C19H20ClNO3. The number of halogens is 1. The molecule has 1 N–H and O–H groups in total. The number of esters is 1. The minimum absolute atomic E-state index is 0.171. The largest absolute Gasteiger partial charge is 0.452 e. The summed E-state index contributed by atoms with van der Waals surface area (Å²) in [6, 6.07) is 12.4. The van der Waals surface area contributed by atoms with Crippen molar-refractivity contribution < 1.29 is 14.3 Å². The summed E-state index contributed by atoms with van der Waals surface area (Å²) in [6.45, 7) is 5.60. The van der Waals surface area contributed by atoms with Gasteiger partial charge in [-0.25, -0.2) is 4.79 Å². The van der Waals surface area contributed by atoms with Crippen molar-refractivity contribution in [1.82, 2.24) is 5.32 Å². The average Bonchev–Trinajstić information content (AvgIpc) is 2.55. The van der Waals surface area contributed by atoms with Crippen LogP contribution in [-0.4, -0.2) is 18.5 Å². The molecule has 0 aliphatic rings. The third-order valence-corrected chi connectivity index (χ3v) is 4.17. The number of rotatable bonds is 5. The van der Waals surface area contributed by atoms with E-state index in [1.54, 1.807) is 24.3 Å². The maximum Gasteiger partial charge on any atom is 0.340 e. The molecule has 2 aromatic rings. The standard InChI is InChI=1S/C19H20ClNO3/c1-12-8-9-15(10-13(12)2)14(3)21-18(22)11-24-19(23)16-6-4-5-7-17(16)20/h4-10,14H,11H2,1-3H3,(H,21,22)/t14-/m0/s1. The third-order valence-electron chi connectivity index (χ3n) is 3.84. The van der Waals surface area contributed by atoms with Gasteiger partial charge in [-0.3, -0.25) is 4.79 Å². The van der Waals surface area contributed by atoms with E-state index in [9.17, 15) is 9.59 Å². The molecule has 0 fully saturated rings. The van der Waals surface area contributed by atoms with E-state index in [1.165, 1.54) is 11.1 Å². The molecule has 0 bridgehead atoms. The van der Waals surface area contributed by atoms with E-state index in [-0.39, 0.29) is 24.1 Å². The molecule has 0 heterocycles. The van der Waals surface area contributed by atoms with Crippen molar-refractivity contribution in [3.05, 3.63) is 69.7 Å². The Morgan fingerprint density at radius 3 is 2.50 bits per heavy atom. The first-order valence-corrected chi connectivity index (χ1v) is 8.04. The van der Waals surface area contributed by atoms with Gasteiger partial charge in [-0.05, 0) is 49.6 Å². The Bertz CT molecular complexity index is 758. The van der Waals surface area contributed by atoms with Crippen molar-refractivity contribution in [1.29, 1.82) is 0 Å². The number of nitrogens with one attached hydrogen (secondary N) is 1. The SMILES string of the molecule is Cc1ccc([C@H](C)NC(=O)COC(=O)c2ccccc2Cl)cc1C. The summed E-state index contributed by atoms with van der Waals surface area (Å²) >= 11 is 5.92. The molecule has 5 heteroatoms. The number of benzene rings is 2. The van der Waals surface area contributed by atoms with E-state index in [0.717, 1.165) is 5.56 Å². The molecule has 0 aliphatic carbocycles. The van der Waals surface area contributed by atoms with Gasteiger partial charge in [0.15, 0.2) is 6.61 Å². The van der Waals surface area contributed by atoms with Gasteiger partial charge in [-0.1, -0.05) is 41.9 Å². The fourth-order valence-corrected chi connectivity index (χ4v) is 2.45. The van der Waals surface area contributed by atoms with Crippen molar-refractivity contribution in [2.45, 2.75) is 26.8 Å². The van der Waals surface area contributed by atoms with Crippen LogP contribution in [0, 0.1) is 13.8 Å². The van der Waals surface area contributed by atoms with Crippen molar-refractivity contribution >= 4 is 23.5 Å². The van der Waals surface area contributed by atoms with Crippen LogP contribution in [0.3, 0.4) is 0 Å². The Kier molecular flexibility index (Phi) is 5.99. The molecule has 0 saturated carbocycles. The molecule has 0 saturated heterocycles. The normalized spacial score (nSPS) is 11.7. The fraction of sp³-hybridized carbons (Fsp3) is 0.263. The van der Waals surface area contributed by atoms with Gasteiger partial charge >= 0.3 is 5.97 Å². The van der Waals surface area contributed by atoms with Gasteiger partial charge in [0.1, 0.15) is 0 Å². The number of carbonyl (C=O) groups is 2. The van der Waals surface area contributed by atoms with Crippen molar-refractivity contribution in [3.63, 3.8) is 0 Å². The molecule has 0 radical (unpaired) electrons. The van der Waals surface area contributed by atoms with E-state index in [0.29, 0.717) is 5.02 Å². The van der Waals surface area contributed by atoms with Gasteiger partial charge in [0.25, 0.3) is 5.91 Å². The zero-order valence-corrected chi connectivity index (χ0v) is 14.7. The summed E-state index contributed by atoms with van der Waals surface area (Å²) in [5.41, 5.74) is 3.61. The van der Waals surface area contributed by atoms with E-state index in [4.69, 9.17) is 16.3 Å². The lowest BCUT2D eigenvalue weighted by Gasteiger charge is -2.16. The van der Waals surface area contributed by atoms with Gasteiger partial charge < -0.3 is 10.1 Å². The topological polar surface area (TPSA) is 55.4 Å². The Balaban J connectivity index is 1.90. The second-order valence-corrected chi connectivity index (χ2v) is 6.10. The Labute approximate surface area is 146 Å². The maximum absolute atomic E-state index is 12.0. The van der Waals surface area contributed by atoms with Crippen LogP contribution in [0.1, 0.15) is 40.0 Å². The number of carbonyl (C=O) groups excluding carboxylic acids is 2. The van der Waals surface area contributed by atoms with E-state index >= 15 is 0 Å². The molecule has 24 heavy (non-hydrogen) atoms. The van der Waals surface area contributed by atoms with E-state index in [2.05, 4.69) is 5.32 Å². The first-order valence-electron chi connectivity index (χ1n) is 7.66. The molecular weight excluding hydrogens is 326 g/mol. The summed E-state index contributed by atoms with van der Waals surface area (Å²) in [4.78, 5) is 23.9. The van der Waals surface area contributed by atoms with Crippen molar-refractivity contribution in [3.8, 4) is 0 Å². The van der Waals surface area contributed by atoms with Crippen molar-refractivity contribution in [2.24, 2.45) is 0 Å². The Hall–Kier alpha value is -2.33. The monoisotopic (exact) mass is 345 g/mol. The zero-order valence-electron chi connectivity index (χ0n) is 13.9. The van der Waals surface area contributed by atoms with Gasteiger partial charge in [0.2, 0.25) is 0 Å². The van der Waals surface area contributed by atoms with Crippen LogP contribution in [0.2, 0.25) is 5.02 Å². The summed E-state index contributed by atoms with van der Waals surface area (Å²) in [7, 11) is 0. The molecule has 4 nitrogen and oxygen atoms in total. The quantitative estimate of drug-likeness (QED) is 0.833. The minimum atomic E-state index is -0.616. The fourth-order valence-electron chi connectivity index (χ4n) is 2.24. The lowest BCUT2D eigenvalue weighted by Crippen LogP contribution is -2.31. The second-order valence-electron chi connectivity index (χ2n) is 5.69. The molecule has 126 valence electrons. The minimum Gasteiger partial charge on any atom is -0.452 e. The lowest BCUT2D eigenvalue weighted by atomic mass is 10.0. The highest BCUT2D eigenvalue weighted by Gasteiger charge is 2.15. The summed E-state index contributed by atoms with van der Waals surface area (Å²) in [5, 5.41) is 3.11. The van der Waals surface area contributed by atoms with Gasteiger partial charge in [-0.2, -0.15) is 0 Å². The predicted octanol–water partition coefficient (Wildman–Crippen LogP) is 3.99. The maximum atomic E-state index is 12.0. The number of hydrogen-bond acceptors (Lipinski definition) is 3. The lowest BCUT2D eigenvalue weighted by molar-refractivity contribution is -0.124. The third kappa shape index (κ3) is 4.59. The van der Waals surface area contributed by atoms with Gasteiger partial charge in [0, 0.05) is 0 Å². The second kappa shape index (κ2) is 7.97. The van der Waals surface area contributed by atoms with Crippen LogP contribution in [0.5, 0.6) is 0 Å². The van der Waals surface area contributed by atoms with Gasteiger partial charge in [-0.15, -0.1) is 0 Å². The van der Waals surface area contributed by atoms with Crippen LogP contribution >= 0.6 is 11.6 Å². The first-order chi connectivity index (χ1) is 11.4. The highest BCUT2D eigenvalue weighted by Crippen LogP contribution is 2.17. The zero-order chi connectivity index (χ0) is 17.7. The summed E-state index contributed by atoms with van der Waals surface area (Å²) in [5.74, 6) is -0.976. The molecule has 0 unspecified atom stereocenters. The molecule has 0 aliphatic heterocycles. The number of hydrogen-bond donors (Lipinski definition) is 1. The molecule has 1 atom stereocenters. The van der Waals surface area contributed by atoms with Crippen LogP contribution in [0.4, 0.5) is 0 Å².